The Balaban J connectivity index is 1.60. The SMILES string of the molecule is Cc1n[nH]c(C)c1CCNC(=O)N1CCCCC1c1ccccn1. The van der Waals surface area contributed by atoms with Gasteiger partial charge in [-0.3, -0.25) is 10.1 Å². The third kappa shape index (κ3) is 3.58. The lowest BCUT2D eigenvalue weighted by Crippen LogP contribution is -2.45. The van der Waals surface area contributed by atoms with Gasteiger partial charge in [0.25, 0.3) is 0 Å². The van der Waals surface area contributed by atoms with Gasteiger partial charge in [0, 0.05) is 25.0 Å². The molecule has 2 aromatic rings. The van der Waals surface area contributed by atoms with Gasteiger partial charge in [-0.2, -0.15) is 5.10 Å². The van der Waals surface area contributed by atoms with Crippen LogP contribution in [-0.2, 0) is 6.42 Å². The van der Waals surface area contributed by atoms with Gasteiger partial charge in [-0.1, -0.05) is 6.07 Å². The zero-order chi connectivity index (χ0) is 16.9. The summed E-state index contributed by atoms with van der Waals surface area (Å²) in [5.74, 6) is 0. The van der Waals surface area contributed by atoms with Crippen LogP contribution >= 0.6 is 0 Å². The Morgan fingerprint density at radius 2 is 2.25 bits per heavy atom. The third-order valence-electron chi connectivity index (χ3n) is 4.72. The molecule has 2 amide bonds. The Labute approximate surface area is 142 Å². The van der Waals surface area contributed by atoms with Crippen LogP contribution in [0.3, 0.4) is 0 Å². The first kappa shape index (κ1) is 16.5. The molecule has 0 bridgehead atoms. The first-order valence-corrected chi connectivity index (χ1v) is 8.62. The summed E-state index contributed by atoms with van der Waals surface area (Å²) in [6.07, 6.45) is 5.76. The Bertz CT molecular complexity index is 662. The first-order valence-electron chi connectivity index (χ1n) is 8.62. The molecule has 0 radical (unpaired) electrons. The fraction of sp³-hybridized carbons (Fsp3) is 0.500. The number of amides is 2. The largest absolute Gasteiger partial charge is 0.338 e. The molecule has 1 fully saturated rings. The van der Waals surface area contributed by atoms with Crippen molar-refractivity contribution in [3.8, 4) is 0 Å². The molecule has 1 atom stereocenters. The molecule has 0 aliphatic carbocycles. The number of nitrogens with zero attached hydrogens (tertiary/aromatic N) is 3. The maximum atomic E-state index is 12.6. The van der Waals surface area contributed by atoms with Crippen LogP contribution in [0.15, 0.2) is 24.4 Å². The Kier molecular flexibility index (Phi) is 5.13. The monoisotopic (exact) mass is 327 g/mol. The minimum absolute atomic E-state index is 0.00385. The Morgan fingerprint density at radius 1 is 1.38 bits per heavy atom. The van der Waals surface area contributed by atoms with E-state index in [-0.39, 0.29) is 12.1 Å². The first-order chi connectivity index (χ1) is 11.7. The molecule has 0 saturated carbocycles. The van der Waals surface area contributed by atoms with Crippen molar-refractivity contribution in [1.82, 2.24) is 25.4 Å². The zero-order valence-corrected chi connectivity index (χ0v) is 14.4. The molecule has 1 unspecified atom stereocenters. The highest BCUT2D eigenvalue weighted by molar-refractivity contribution is 5.74. The maximum Gasteiger partial charge on any atom is 0.317 e. The molecule has 1 aliphatic heterocycles. The number of hydrogen-bond donors (Lipinski definition) is 2. The van der Waals surface area contributed by atoms with Crippen molar-refractivity contribution in [1.29, 1.82) is 0 Å². The summed E-state index contributed by atoms with van der Waals surface area (Å²) in [6, 6.07) is 5.99. The molecule has 6 heteroatoms. The second-order valence-corrected chi connectivity index (χ2v) is 6.35. The third-order valence-corrected chi connectivity index (χ3v) is 4.72. The van der Waals surface area contributed by atoms with Gasteiger partial charge >= 0.3 is 6.03 Å². The molecule has 2 aromatic heterocycles. The Morgan fingerprint density at radius 3 is 2.96 bits per heavy atom. The number of aryl methyl sites for hydroxylation is 2. The minimum atomic E-state index is 0.00385. The topological polar surface area (TPSA) is 73.9 Å². The van der Waals surface area contributed by atoms with Crippen molar-refractivity contribution in [2.24, 2.45) is 0 Å². The van der Waals surface area contributed by atoms with Crippen LogP contribution in [0.5, 0.6) is 0 Å². The maximum absolute atomic E-state index is 12.6. The van der Waals surface area contributed by atoms with E-state index >= 15 is 0 Å². The summed E-state index contributed by atoms with van der Waals surface area (Å²) in [7, 11) is 0. The number of H-pyrrole nitrogens is 1. The van der Waals surface area contributed by atoms with Gasteiger partial charge in [0.1, 0.15) is 0 Å². The van der Waals surface area contributed by atoms with Gasteiger partial charge in [0.15, 0.2) is 0 Å². The molecule has 3 heterocycles. The fourth-order valence-corrected chi connectivity index (χ4v) is 3.39. The van der Waals surface area contributed by atoms with E-state index in [4.69, 9.17) is 0 Å². The summed E-state index contributed by atoms with van der Waals surface area (Å²) in [4.78, 5) is 19.0. The highest BCUT2D eigenvalue weighted by Crippen LogP contribution is 2.29. The number of likely N-dealkylation sites (tertiary alicyclic amines) is 1. The van der Waals surface area contributed by atoms with Crippen LogP contribution in [-0.4, -0.2) is 39.2 Å². The average Bonchev–Trinajstić information content (AvgIpc) is 2.94. The standard InChI is InChI=1S/C18H25N5O/c1-13-15(14(2)22-21-13)9-11-20-18(24)23-12-6-4-8-17(23)16-7-3-5-10-19-16/h3,5,7,10,17H,4,6,8-9,11-12H2,1-2H3,(H,20,24)(H,21,22). The van der Waals surface area contributed by atoms with Crippen LogP contribution < -0.4 is 5.32 Å². The number of rotatable bonds is 4. The van der Waals surface area contributed by atoms with Crippen molar-refractivity contribution in [3.63, 3.8) is 0 Å². The van der Waals surface area contributed by atoms with E-state index in [9.17, 15) is 4.79 Å². The molecule has 128 valence electrons. The average molecular weight is 327 g/mol. The number of carbonyl (C=O) groups excluding carboxylic acids is 1. The molecule has 6 nitrogen and oxygen atoms in total. The number of nitrogens with one attached hydrogen (secondary N) is 2. The molecule has 0 spiro atoms. The second kappa shape index (κ2) is 7.47. The summed E-state index contributed by atoms with van der Waals surface area (Å²) < 4.78 is 0. The molecule has 1 saturated heterocycles. The van der Waals surface area contributed by atoms with Crippen molar-refractivity contribution in [2.45, 2.75) is 45.6 Å². The molecule has 0 aromatic carbocycles. The van der Waals surface area contributed by atoms with Gasteiger partial charge in [-0.25, -0.2) is 4.79 Å². The van der Waals surface area contributed by atoms with E-state index in [2.05, 4.69) is 20.5 Å². The van der Waals surface area contributed by atoms with Crippen LogP contribution in [0, 0.1) is 13.8 Å². The summed E-state index contributed by atoms with van der Waals surface area (Å²) >= 11 is 0. The fourth-order valence-electron chi connectivity index (χ4n) is 3.39. The summed E-state index contributed by atoms with van der Waals surface area (Å²) in [5.41, 5.74) is 4.25. The van der Waals surface area contributed by atoms with E-state index in [1.54, 1.807) is 6.20 Å². The molecule has 1 aliphatic rings. The van der Waals surface area contributed by atoms with Crippen molar-refractivity contribution < 1.29 is 4.79 Å². The highest BCUT2D eigenvalue weighted by atomic mass is 16.2. The number of piperidine rings is 1. The van der Waals surface area contributed by atoms with E-state index in [0.29, 0.717) is 6.54 Å². The minimum Gasteiger partial charge on any atom is -0.338 e. The Hall–Kier alpha value is -2.37. The number of urea groups is 1. The molecule has 3 rings (SSSR count). The number of hydrogen-bond acceptors (Lipinski definition) is 3. The number of pyridine rings is 1. The van der Waals surface area contributed by atoms with Crippen LogP contribution in [0.25, 0.3) is 0 Å². The van der Waals surface area contributed by atoms with E-state index in [0.717, 1.165) is 49.3 Å². The van der Waals surface area contributed by atoms with Crippen molar-refractivity contribution >= 4 is 6.03 Å². The van der Waals surface area contributed by atoms with Gasteiger partial charge in [0.2, 0.25) is 0 Å². The smallest absolute Gasteiger partial charge is 0.317 e. The summed E-state index contributed by atoms with van der Waals surface area (Å²) in [5, 5.41) is 10.2. The lowest BCUT2D eigenvalue weighted by molar-refractivity contribution is 0.150. The summed E-state index contributed by atoms with van der Waals surface area (Å²) in [6.45, 7) is 5.41. The number of aromatic nitrogens is 3. The van der Waals surface area contributed by atoms with E-state index in [1.807, 2.05) is 36.9 Å². The predicted octanol–water partition coefficient (Wildman–Crippen LogP) is 2.90. The highest BCUT2D eigenvalue weighted by Gasteiger charge is 2.28. The van der Waals surface area contributed by atoms with Crippen LogP contribution in [0.1, 0.15) is 47.9 Å². The lowest BCUT2D eigenvalue weighted by atomic mass is 9.99. The predicted molar refractivity (Wildman–Crippen MR) is 92.7 cm³/mol. The number of aromatic amines is 1. The van der Waals surface area contributed by atoms with Crippen molar-refractivity contribution in [3.05, 3.63) is 47.0 Å². The molecule has 2 N–H and O–H groups in total. The number of carbonyl (C=O) groups is 1. The molecular weight excluding hydrogens is 302 g/mol. The van der Waals surface area contributed by atoms with E-state index in [1.165, 1.54) is 5.56 Å². The normalized spacial score (nSPS) is 17.8. The van der Waals surface area contributed by atoms with Gasteiger partial charge in [-0.05, 0) is 57.2 Å². The lowest BCUT2D eigenvalue weighted by Gasteiger charge is -2.35. The van der Waals surface area contributed by atoms with Gasteiger partial charge < -0.3 is 10.2 Å². The quantitative estimate of drug-likeness (QED) is 0.907. The van der Waals surface area contributed by atoms with Gasteiger partial charge in [-0.15, -0.1) is 0 Å². The molecule has 24 heavy (non-hydrogen) atoms. The van der Waals surface area contributed by atoms with Crippen LogP contribution in [0.2, 0.25) is 0 Å². The molecular formula is C18H25N5O. The second-order valence-electron chi connectivity index (χ2n) is 6.35. The van der Waals surface area contributed by atoms with Crippen LogP contribution in [0.4, 0.5) is 4.79 Å². The van der Waals surface area contributed by atoms with Gasteiger partial charge in [0.05, 0.1) is 17.4 Å². The van der Waals surface area contributed by atoms with Crippen molar-refractivity contribution in [2.75, 3.05) is 13.1 Å². The van der Waals surface area contributed by atoms with E-state index < -0.39 is 0 Å². The zero-order valence-electron chi connectivity index (χ0n) is 14.4.